The molecule has 0 bridgehead atoms. The van der Waals surface area contributed by atoms with Gasteiger partial charge in [0.25, 0.3) is 0 Å². The van der Waals surface area contributed by atoms with Crippen LogP contribution < -0.4 is 9.41 Å². The Kier molecular flexibility index (Phi) is 21.3. The van der Waals surface area contributed by atoms with Crippen LogP contribution in [-0.2, 0) is 21.7 Å². The van der Waals surface area contributed by atoms with Crippen molar-refractivity contribution in [2.75, 3.05) is 0 Å². The van der Waals surface area contributed by atoms with Crippen molar-refractivity contribution in [3.63, 3.8) is 0 Å². The standard InChI is InChI=1S/2C9H13.2FH.Ti/c2*1-2-3-6-9-7-4-5-8-9;;;/h2*4,7H,2-3,5-6H2,1H3;2*1H;/q2*-1;;;+2/p-2. The van der Waals surface area contributed by atoms with Crippen LogP contribution in [0.1, 0.15) is 65.2 Å². The second-order valence-electron chi connectivity index (χ2n) is 4.82. The smallest absolute Gasteiger partial charge is 1.00 e. The average molecular weight is 328 g/mol. The summed E-state index contributed by atoms with van der Waals surface area (Å²) in [5.74, 6) is 0. The van der Waals surface area contributed by atoms with Gasteiger partial charge >= 0.3 is 21.7 Å². The molecule has 0 saturated carbocycles. The van der Waals surface area contributed by atoms with Crippen LogP contribution in [0.5, 0.6) is 0 Å². The van der Waals surface area contributed by atoms with E-state index in [1.807, 2.05) is 0 Å². The number of allylic oxidation sites excluding steroid dienone is 8. The third kappa shape index (κ3) is 13.0. The second kappa shape index (κ2) is 17.6. The fraction of sp³-hybridized carbons (Fsp3) is 0.556. The molecule has 2 aliphatic rings. The zero-order valence-corrected chi connectivity index (χ0v) is 14.8. The molecule has 0 aromatic rings. The van der Waals surface area contributed by atoms with E-state index in [9.17, 15) is 0 Å². The van der Waals surface area contributed by atoms with Crippen LogP contribution >= 0.6 is 0 Å². The Morgan fingerprint density at radius 1 is 0.810 bits per heavy atom. The van der Waals surface area contributed by atoms with Gasteiger partial charge in [-0.3, -0.25) is 12.2 Å². The van der Waals surface area contributed by atoms with E-state index in [0.717, 1.165) is 12.8 Å². The molecule has 21 heavy (non-hydrogen) atoms. The van der Waals surface area contributed by atoms with Gasteiger partial charge in [0.15, 0.2) is 0 Å². The normalized spacial score (nSPS) is 14.0. The Bertz CT molecular complexity index is 307. The molecule has 0 atom stereocenters. The van der Waals surface area contributed by atoms with E-state index >= 15 is 0 Å². The van der Waals surface area contributed by atoms with Gasteiger partial charge in [-0.05, 0) is 0 Å². The summed E-state index contributed by atoms with van der Waals surface area (Å²) in [6.45, 7) is 4.44. The zero-order valence-electron chi connectivity index (χ0n) is 13.2. The maximum atomic E-state index is 3.30. The molecular formula is C18H26F2Ti-2. The van der Waals surface area contributed by atoms with Crippen molar-refractivity contribution in [3.05, 3.63) is 47.6 Å². The van der Waals surface area contributed by atoms with Crippen molar-refractivity contribution < 1.29 is 31.1 Å². The van der Waals surface area contributed by atoms with Crippen molar-refractivity contribution in [3.8, 4) is 0 Å². The molecule has 0 heterocycles. The van der Waals surface area contributed by atoms with Crippen LogP contribution in [0, 0.1) is 12.2 Å². The van der Waals surface area contributed by atoms with E-state index in [2.05, 4.69) is 50.3 Å². The van der Waals surface area contributed by atoms with Crippen LogP contribution in [0.2, 0.25) is 0 Å². The molecule has 2 rings (SSSR count). The molecule has 0 fully saturated rings. The molecule has 0 aromatic heterocycles. The van der Waals surface area contributed by atoms with Crippen molar-refractivity contribution in [1.29, 1.82) is 0 Å². The van der Waals surface area contributed by atoms with E-state index < -0.39 is 0 Å². The largest absolute Gasteiger partial charge is 2.00 e. The van der Waals surface area contributed by atoms with Crippen molar-refractivity contribution >= 4 is 0 Å². The van der Waals surface area contributed by atoms with Gasteiger partial charge in [-0.25, -0.2) is 23.3 Å². The fourth-order valence-electron chi connectivity index (χ4n) is 1.98. The van der Waals surface area contributed by atoms with Crippen molar-refractivity contribution in [2.45, 2.75) is 65.2 Å². The quantitative estimate of drug-likeness (QED) is 0.466. The second-order valence-corrected chi connectivity index (χ2v) is 4.82. The van der Waals surface area contributed by atoms with Gasteiger partial charge in [0.2, 0.25) is 0 Å². The maximum Gasteiger partial charge on any atom is 2.00 e. The Labute approximate surface area is 144 Å². The van der Waals surface area contributed by atoms with E-state index in [1.165, 1.54) is 49.7 Å². The molecule has 0 N–H and O–H groups in total. The SMILES string of the molecule is CCCCC1=[C-]CC=C1.CCCCC1=[C-]CC=C1.[F-].[F-].[Ti+2]. The van der Waals surface area contributed by atoms with Gasteiger partial charge in [-0.2, -0.15) is 12.2 Å². The molecule has 0 saturated heterocycles. The fourth-order valence-corrected chi connectivity index (χ4v) is 1.98. The third-order valence-corrected chi connectivity index (χ3v) is 3.13. The van der Waals surface area contributed by atoms with Gasteiger partial charge in [0.1, 0.15) is 0 Å². The summed E-state index contributed by atoms with van der Waals surface area (Å²) in [6.07, 6.45) is 25.1. The number of unbranched alkanes of at least 4 members (excludes halogenated alkanes) is 2. The first kappa shape index (κ1) is 25.5. The van der Waals surface area contributed by atoms with Crippen LogP contribution in [0.3, 0.4) is 0 Å². The molecule has 0 amide bonds. The van der Waals surface area contributed by atoms with Crippen molar-refractivity contribution in [1.82, 2.24) is 0 Å². The van der Waals surface area contributed by atoms with Crippen LogP contribution in [0.25, 0.3) is 0 Å². The molecule has 2 aliphatic carbocycles. The van der Waals surface area contributed by atoms with Gasteiger partial charge < -0.3 is 9.41 Å². The molecule has 118 valence electrons. The maximum absolute atomic E-state index is 3.30. The Morgan fingerprint density at radius 3 is 1.43 bits per heavy atom. The summed E-state index contributed by atoms with van der Waals surface area (Å²) in [6, 6.07) is 0. The Morgan fingerprint density at radius 2 is 1.19 bits per heavy atom. The summed E-state index contributed by atoms with van der Waals surface area (Å²) in [4.78, 5) is 0. The summed E-state index contributed by atoms with van der Waals surface area (Å²) in [7, 11) is 0. The predicted molar refractivity (Wildman–Crippen MR) is 80.1 cm³/mol. The van der Waals surface area contributed by atoms with Gasteiger partial charge in [0.05, 0.1) is 0 Å². The number of hydrogen-bond donors (Lipinski definition) is 0. The minimum Gasteiger partial charge on any atom is -1.00 e. The van der Waals surface area contributed by atoms with E-state index in [-0.39, 0.29) is 31.1 Å². The minimum absolute atomic E-state index is 0. The van der Waals surface area contributed by atoms with Crippen LogP contribution in [-0.4, -0.2) is 0 Å². The van der Waals surface area contributed by atoms with Gasteiger partial charge in [0, 0.05) is 0 Å². The zero-order chi connectivity index (χ0) is 13.1. The Hall–Kier alpha value is -0.466. The van der Waals surface area contributed by atoms with Crippen molar-refractivity contribution in [2.24, 2.45) is 0 Å². The first-order valence-electron chi connectivity index (χ1n) is 7.39. The summed E-state index contributed by atoms with van der Waals surface area (Å²) in [5.41, 5.74) is 2.83. The van der Waals surface area contributed by atoms with Crippen LogP contribution in [0.15, 0.2) is 35.5 Å². The molecule has 3 heteroatoms. The van der Waals surface area contributed by atoms with Gasteiger partial charge in [-0.15, -0.1) is 12.8 Å². The number of hydrogen-bond acceptors (Lipinski definition) is 0. The topological polar surface area (TPSA) is 0 Å². The number of rotatable bonds is 6. The van der Waals surface area contributed by atoms with E-state index in [4.69, 9.17) is 0 Å². The monoisotopic (exact) mass is 328 g/mol. The molecule has 0 unspecified atom stereocenters. The van der Waals surface area contributed by atoms with E-state index in [0.29, 0.717) is 0 Å². The molecular weight excluding hydrogens is 302 g/mol. The molecule has 0 aliphatic heterocycles. The first-order valence-corrected chi connectivity index (χ1v) is 7.39. The first-order chi connectivity index (χ1) is 8.86. The summed E-state index contributed by atoms with van der Waals surface area (Å²) >= 11 is 0. The minimum atomic E-state index is 0. The molecule has 0 radical (unpaired) electrons. The third-order valence-electron chi connectivity index (χ3n) is 3.13. The molecule has 0 spiro atoms. The summed E-state index contributed by atoms with van der Waals surface area (Å²) in [5, 5.41) is 0. The predicted octanol–water partition coefficient (Wildman–Crippen LogP) is -0.262. The van der Waals surface area contributed by atoms with Gasteiger partial charge in [-0.1, -0.05) is 52.4 Å². The summed E-state index contributed by atoms with van der Waals surface area (Å²) < 4.78 is 0. The number of halogens is 2. The molecule has 0 nitrogen and oxygen atoms in total. The molecule has 0 aromatic carbocycles. The van der Waals surface area contributed by atoms with E-state index in [1.54, 1.807) is 0 Å². The Balaban J connectivity index is -0.000000270. The average Bonchev–Trinajstić information content (AvgIpc) is 3.07. The van der Waals surface area contributed by atoms with Crippen LogP contribution in [0.4, 0.5) is 0 Å².